The topological polar surface area (TPSA) is 20.2 Å². The summed E-state index contributed by atoms with van der Waals surface area (Å²) in [5.74, 6) is -1.39. The average Bonchev–Trinajstić information content (AvgIpc) is 2.46. The van der Waals surface area contributed by atoms with Crippen molar-refractivity contribution < 1.29 is 13.9 Å². The number of rotatable bonds is 2. The van der Waals surface area contributed by atoms with Crippen LogP contribution in [0.4, 0.5) is 8.78 Å². The van der Waals surface area contributed by atoms with Gasteiger partial charge in [0.05, 0.1) is 0 Å². The van der Waals surface area contributed by atoms with E-state index in [-0.39, 0.29) is 5.56 Å². The molecule has 0 amide bonds. The number of hydrogen-bond donors (Lipinski definition) is 1. The fourth-order valence-electron chi connectivity index (χ4n) is 2.62. The molecule has 1 N–H and O–H groups in total. The van der Waals surface area contributed by atoms with Gasteiger partial charge in [-0.25, -0.2) is 8.78 Å². The van der Waals surface area contributed by atoms with Crippen molar-refractivity contribution >= 4 is 10.8 Å². The van der Waals surface area contributed by atoms with Gasteiger partial charge in [-0.3, -0.25) is 0 Å². The Morgan fingerprint density at radius 3 is 2.14 bits per heavy atom. The Hall–Kier alpha value is -2.26. The fraction of sp³-hybridized carbons (Fsp3) is 0.111. The highest BCUT2D eigenvalue weighted by Gasteiger charge is 2.16. The number of fused-ring (bicyclic) bond motifs is 1. The summed E-state index contributed by atoms with van der Waals surface area (Å²) in [6, 6.07) is 14.5. The zero-order valence-electron chi connectivity index (χ0n) is 11.5. The van der Waals surface area contributed by atoms with Gasteiger partial charge in [-0.2, -0.15) is 0 Å². The molecule has 0 spiro atoms. The van der Waals surface area contributed by atoms with Crippen molar-refractivity contribution in [2.45, 2.75) is 13.0 Å². The highest BCUT2D eigenvalue weighted by atomic mass is 19.1. The quantitative estimate of drug-likeness (QED) is 0.734. The van der Waals surface area contributed by atoms with E-state index in [0.717, 1.165) is 34.5 Å². The number of aliphatic hydroxyl groups excluding tert-OH is 1. The summed E-state index contributed by atoms with van der Waals surface area (Å²) in [4.78, 5) is 0. The van der Waals surface area contributed by atoms with Crippen LogP contribution >= 0.6 is 0 Å². The number of halogens is 2. The van der Waals surface area contributed by atoms with Gasteiger partial charge in [0.15, 0.2) is 0 Å². The lowest BCUT2D eigenvalue weighted by molar-refractivity contribution is 0.221. The van der Waals surface area contributed by atoms with Crippen molar-refractivity contribution in [3.8, 4) is 0 Å². The molecule has 3 heteroatoms. The van der Waals surface area contributed by atoms with Gasteiger partial charge in [-0.1, -0.05) is 36.4 Å². The Labute approximate surface area is 121 Å². The molecule has 0 aromatic heterocycles. The molecule has 3 aromatic carbocycles. The largest absolute Gasteiger partial charge is 0.384 e. The second kappa shape index (κ2) is 5.26. The van der Waals surface area contributed by atoms with Gasteiger partial charge >= 0.3 is 0 Å². The van der Waals surface area contributed by atoms with E-state index in [1.165, 1.54) is 0 Å². The Balaban J connectivity index is 2.18. The van der Waals surface area contributed by atoms with Gasteiger partial charge in [0.1, 0.15) is 17.7 Å². The van der Waals surface area contributed by atoms with Crippen molar-refractivity contribution in [3.05, 3.63) is 82.9 Å². The van der Waals surface area contributed by atoms with Crippen molar-refractivity contribution in [2.24, 2.45) is 0 Å². The molecule has 21 heavy (non-hydrogen) atoms. The minimum Gasteiger partial charge on any atom is -0.384 e. The van der Waals surface area contributed by atoms with E-state index in [0.29, 0.717) is 5.56 Å². The maximum atomic E-state index is 13.3. The predicted molar refractivity (Wildman–Crippen MR) is 79.1 cm³/mol. The molecule has 0 saturated carbocycles. The minimum absolute atomic E-state index is 0.210. The Kier molecular flexibility index (Phi) is 3.43. The highest BCUT2D eigenvalue weighted by Crippen LogP contribution is 2.31. The first-order valence-corrected chi connectivity index (χ1v) is 6.68. The zero-order chi connectivity index (χ0) is 15.0. The number of benzene rings is 3. The van der Waals surface area contributed by atoms with Crippen LogP contribution in [0.1, 0.15) is 22.8 Å². The predicted octanol–water partition coefficient (Wildman–Crippen LogP) is 4.51. The van der Waals surface area contributed by atoms with Crippen LogP contribution in [0.25, 0.3) is 10.8 Å². The molecule has 0 radical (unpaired) electrons. The Bertz CT molecular complexity index is 791. The summed E-state index contributed by atoms with van der Waals surface area (Å²) in [5, 5.41) is 12.4. The van der Waals surface area contributed by atoms with E-state index in [1.54, 1.807) is 6.07 Å². The minimum atomic E-state index is -1.07. The fourth-order valence-corrected chi connectivity index (χ4v) is 2.62. The molecule has 3 aromatic rings. The first-order chi connectivity index (χ1) is 10.1. The van der Waals surface area contributed by atoms with Crippen LogP contribution < -0.4 is 0 Å². The van der Waals surface area contributed by atoms with Gasteiger partial charge < -0.3 is 5.11 Å². The summed E-state index contributed by atoms with van der Waals surface area (Å²) >= 11 is 0. The van der Waals surface area contributed by atoms with E-state index >= 15 is 0 Å². The van der Waals surface area contributed by atoms with Crippen LogP contribution in [0, 0.1) is 18.6 Å². The molecule has 0 heterocycles. The van der Waals surface area contributed by atoms with Crippen LogP contribution in [0.5, 0.6) is 0 Å². The molecule has 0 fully saturated rings. The molecule has 3 rings (SSSR count). The third-order valence-corrected chi connectivity index (χ3v) is 3.67. The standard InChI is InChI=1S/C18H14F2O/c1-11-6-7-17(16-5-3-2-4-15(11)16)18(21)12-8-13(19)10-14(20)9-12/h2-10,18,21H,1H3. The van der Waals surface area contributed by atoms with Crippen LogP contribution in [-0.2, 0) is 0 Å². The second-order valence-corrected chi connectivity index (χ2v) is 5.12. The maximum Gasteiger partial charge on any atom is 0.126 e. The lowest BCUT2D eigenvalue weighted by atomic mass is 9.93. The van der Waals surface area contributed by atoms with Crippen molar-refractivity contribution in [2.75, 3.05) is 0 Å². The van der Waals surface area contributed by atoms with Crippen LogP contribution in [0.3, 0.4) is 0 Å². The molecule has 0 aliphatic carbocycles. The second-order valence-electron chi connectivity index (χ2n) is 5.12. The van der Waals surface area contributed by atoms with E-state index in [2.05, 4.69) is 0 Å². The Morgan fingerprint density at radius 2 is 1.48 bits per heavy atom. The number of aryl methyl sites for hydroxylation is 1. The van der Waals surface area contributed by atoms with Crippen LogP contribution in [0.2, 0.25) is 0 Å². The molecule has 1 nitrogen and oxygen atoms in total. The maximum absolute atomic E-state index is 13.3. The Morgan fingerprint density at radius 1 is 0.857 bits per heavy atom. The SMILES string of the molecule is Cc1ccc(C(O)c2cc(F)cc(F)c2)c2ccccc12. The lowest BCUT2D eigenvalue weighted by Gasteiger charge is -2.15. The van der Waals surface area contributed by atoms with E-state index in [4.69, 9.17) is 0 Å². The summed E-state index contributed by atoms with van der Waals surface area (Å²) < 4.78 is 26.7. The van der Waals surface area contributed by atoms with Gasteiger partial charge in [0, 0.05) is 6.07 Å². The number of aliphatic hydroxyl groups is 1. The summed E-state index contributed by atoms with van der Waals surface area (Å²) in [7, 11) is 0. The average molecular weight is 284 g/mol. The van der Waals surface area contributed by atoms with Gasteiger partial charge in [-0.15, -0.1) is 0 Å². The molecule has 1 atom stereocenters. The first kappa shape index (κ1) is 13.7. The summed E-state index contributed by atoms with van der Waals surface area (Å²) in [5.41, 5.74) is 1.94. The third-order valence-electron chi connectivity index (χ3n) is 3.67. The van der Waals surface area contributed by atoms with Gasteiger partial charge in [0.2, 0.25) is 0 Å². The molecule has 1 unspecified atom stereocenters. The van der Waals surface area contributed by atoms with Crippen LogP contribution in [0.15, 0.2) is 54.6 Å². The molecular formula is C18H14F2O. The highest BCUT2D eigenvalue weighted by molar-refractivity contribution is 5.89. The molecule has 106 valence electrons. The van der Waals surface area contributed by atoms with Gasteiger partial charge in [-0.05, 0) is 46.5 Å². The van der Waals surface area contributed by atoms with Crippen molar-refractivity contribution in [1.82, 2.24) is 0 Å². The van der Waals surface area contributed by atoms with E-state index in [1.807, 2.05) is 37.3 Å². The summed E-state index contributed by atoms with van der Waals surface area (Å²) in [6.45, 7) is 1.99. The first-order valence-electron chi connectivity index (χ1n) is 6.68. The van der Waals surface area contributed by atoms with Gasteiger partial charge in [0.25, 0.3) is 0 Å². The lowest BCUT2D eigenvalue weighted by Crippen LogP contribution is -2.02. The smallest absolute Gasteiger partial charge is 0.126 e. The monoisotopic (exact) mass is 284 g/mol. The van der Waals surface area contributed by atoms with E-state index in [9.17, 15) is 13.9 Å². The zero-order valence-corrected chi connectivity index (χ0v) is 11.5. The molecule has 0 bridgehead atoms. The normalized spacial score (nSPS) is 12.6. The van der Waals surface area contributed by atoms with Crippen molar-refractivity contribution in [3.63, 3.8) is 0 Å². The molecule has 0 aliphatic rings. The van der Waals surface area contributed by atoms with Crippen LogP contribution in [-0.4, -0.2) is 5.11 Å². The van der Waals surface area contributed by atoms with Crippen molar-refractivity contribution in [1.29, 1.82) is 0 Å². The molecular weight excluding hydrogens is 270 g/mol. The molecule has 0 aliphatic heterocycles. The summed E-state index contributed by atoms with van der Waals surface area (Å²) in [6.07, 6.45) is -1.07. The third kappa shape index (κ3) is 2.52. The van der Waals surface area contributed by atoms with E-state index < -0.39 is 17.7 Å². The number of hydrogen-bond acceptors (Lipinski definition) is 1. The molecule has 0 saturated heterocycles.